The molecule has 1 aliphatic heterocycles. The Kier molecular flexibility index (Phi) is 4.66. The number of hydrogen-bond donors (Lipinski definition) is 1. The molecule has 0 bridgehead atoms. The molecule has 0 aromatic carbocycles. The summed E-state index contributed by atoms with van der Waals surface area (Å²) in [5.74, 6) is 0.812. The molecule has 9 heavy (non-hydrogen) atoms. The van der Waals surface area contributed by atoms with Gasteiger partial charge in [-0.25, -0.2) is 0 Å². The van der Waals surface area contributed by atoms with Crippen molar-refractivity contribution in [2.24, 2.45) is 0 Å². The zero-order valence-corrected chi connectivity index (χ0v) is 7.06. The van der Waals surface area contributed by atoms with Crippen LogP contribution in [-0.4, -0.2) is 28.6 Å². The predicted molar refractivity (Wildman–Crippen MR) is 42.6 cm³/mol. The average Bonchev–Trinajstić information content (AvgIpc) is 1.62. The third kappa shape index (κ3) is 2.34. The summed E-state index contributed by atoms with van der Waals surface area (Å²) in [6.45, 7) is 3.88. The van der Waals surface area contributed by atoms with E-state index in [9.17, 15) is 4.55 Å². The summed E-state index contributed by atoms with van der Waals surface area (Å²) in [4.78, 5) is 0. The van der Waals surface area contributed by atoms with E-state index in [-0.39, 0.29) is 12.4 Å². The first-order valence-electron chi connectivity index (χ1n) is 2.92. The molecule has 2 nitrogen and oxygen atoms in total. The number of halogens is 1. The Hall–Kier alpha value is 0.560. The van der Waals surface area contributed by atoms with Crippen LogP contribution >= 0.6 is 12.4 Å². The molecule has 1 rings (SSSR count). The SMILES string of the molecule is CC[S+]([O-])C1CNC1.Cl. The van der Waals surface area contributed by atoms with Gasteiger partial charge in [-0.05, 0) is 18.1 Å². The molecule has 1 aliphatic rings. The van der Waals surface area contributed by atoms with Crippen LogP contribution in [0.5, 0.6) is 0 Å². The highest BCUT2D eigenvalue weighted by Crippen LogP contribution is 2.05. The normalized spacial score (nSPS) is 22.0. The van der Waals surface area contributed by atoms with E-state index in [1.54, 1.807) is 0 Å². The minimum absolute atomic E-state index is 0. The fourth-order valence-electron chi connectivity index (χ4n) is 0.684. The molecule has 1 atom stereocenters. The first-order chi connectivity index (χ1) is 3.84. The minimum atomic E-state index is -0.547. The molecule has 0 spiro atoms. The lowest BCUT2D eigenvalue weighted by molar-refractivity contribution is 0.496. The second-order valence-corrected chi connectivity index (χ2v) is 3.96. The van der Waals surface area contributed by atoms with Gasteiger partial charge in [0.15, 0.2) is 0 Å². The molecule has 1 fully saturated rings. The molecule has 0 amide bonds. The maximum absolute atomic E-state index is 10.9. The van der Waals surface area contributed by atoms with Crippen molar-refractivity contribution in [1.29, 1.82) is 0 Å². The molecular formula is C5H12ClNOS. The Labute approximate surface area is 65.0 Å². The van der Waals surface area contributed by atoms with Crippen LogP contribution in [0.3, 0.4) is 0 Å². The maximum Gasteiger partial charge on any atom is 0.140 e. The Bertz CT molecular complexity index is 76.6. The standard InChI is InChI=1S/C5H11NOS.ClH/c1-2-8(7)5-3-6-4-5;/h5-6H,2-4H2,1H3;1H. The molecule has 0 saturated carbocycles. The van der Waals surface area contributed by atoms with E-state index in [0.29, 0.717) is 5.25 Å². The van der Waals surface area contributed by atoms with Gasteiger partial charge in [-0.2, -0.15) is 0 Å². The van der Waals surface area contributed by atoms with E-state index in [2.05, 4.69) is 5.32 Å². The molecular weight excluding hydrogens is 158 g/mol. The highest BCUT2D eigenvalue weighted by molar-refractivity contribution is 7.92. The van der Waals surface area contributed by atoms with E-state index < -0.39 is 11.2 Å². The van der Waals surface area contributed by atoms with Crippen LogP contribution in [0.2, 0.25) is 0 Å². The van der Waals surface area contributed by atoms with Gasteiger partial charge >= 0.3 is 0 Å². The Morgan fingerprint density at radius 2 is 2.22 bits per heavy atom. The Balaban J connectivity index is 0.000000640. The van der Waals surface area contributed by atoms with Gasteiger partial charge in [0.2, 0.25) is 0 Å². The zero-order chi connectivity index (χ0) is 5.98. The van der Waals surface area contributed by atoms with Crippen molar-refractivity contribution in [3.05, 3.63) is 0 Å². The first-order valence-corrected chi connectivity index (χ1v) is 4.30. The van der Waals surface area contributed by atoms with Crippen LogP contribution in [0.15, 0.2) is 0 Å². The highest BCUT2D eigenvalue weighted by atomic mass is 35.5. The van der Waals surface area contributed by atoms with E-state index >= 15 is 0 Å². The Morgan fingerprint density at radius 1 is 1.67 bits per heavy atom. The van der Waals surface area contributed by atoms with Gasteiger partial charge in [-0.15, -0.1) is 12.4 Å². The van der Waals surface area contributed by atoms with E-state index in [1.807, 2.05) is 6.92 Å². The van der Waals surface area contributed by atoms with Crippen LogP contribution < -0.4 is 5.32 Å². The van der Waals surface area contributed by atoms with Crippen molar-refractivity contribution in [1.82, 2.24) is 5.32 Å². The number of rotatable bonds is 2. The van der Waals surface area contributed by atoms with Gasteiger partial charge in [-0.3, -0.25) is 0 Å². The molecule has 0 aromatic rings. The lowest BCUT2D eigenvalue weighted by Crippen LogP contribution is -2.51. The minimum Gasteiger partial charge on any atom is -0.616 e. The molecule has 0 aromatic heterocycles. The van der Waals surface area contributed by atoms with Crippen molar-refractivity contribution < 1.29 is 4.55 Å². The lowest BCUT2D eigenvalue weighted by atomic mass is 10.3. The van der Waals surface area contributed by atoms with E-state index in [1.165, 1.54) is 0 Å². The molecule has 1 unspecified atom stereocenters. The third-order valence-corrected chi connectivity index (χ3v) is 3.05. The maximum atomic E-state index is 10.9. The van der Waals surface area contributed by atoms with Crippen LogP contribution in [-0.2, 0) is 11.2 Å². The summed E-state index contributed by atoms with van der Waals surface area (Å²) in [6.07, 6.45) is 0. The molecule has 0 aliphatic carbocycles. The molecule has 1 N–H and O–H groups in total. The van der Waals surface area contributed by atoms with Gasteiger partial charge in [0, 0.05) is 13.1 Å². The van der Waals surface area contributed by atoms with E-state index in [0.717, 1.165) is 18.8 Å². The van der Waals surface area contributed by atoms with Crippen LogP contribution in [0.4, 0.5) is 0 Å². The van der Waals surface area contributed by atoms with Gasteiger partial charge in [0.1, 0.15) is 11.0 Å². The second kappa shape index (κ2) is 4.39. The van der Waals surface area contributed by atoms with Crippen molar-refractivity contribution >= 4 is 23.6 Å². The summed E-state index contributed by atoms with van der Waals surface area (Å²) < 4.78 is 10.9. The van der Waals surface area contributed by atoms with E-state index in [4.69, 9.17) is 0 Å². The van der Waals surface area contributed by atoms with Crippen molar-refractivity contribution in [2.75, 3.05) is 18.8 Å². The fourth-order valence-corrected chi connectivity index (χ4v) is 1.76. The summed E-state index contributed by atoms with van der Waals surface area (Å²) in [5.41, 5.74) is 0. The first kappa shape index (κ1) is 9.56. The van der Waals surface area contributed by atoms with Crippen LogP contribution in [0, 0.1) is 0 Å². The molecule has 56 valence electrons. The summed E-state index contributed by atoms with van der Waals surface area (Å²) >= 11 is -0.547. The van der Waals surface area contributed by atoms with Crippen molar-refractivity contribution in [3.8, 4) is 0 Å². The number of hydrogen-bond acceptors (Lipinski definition) is 2. The van der Waals surface area contributed by atoms with Crippen molar-refractivity contribution in [2.45, 2.75) is 12.2 Å². The smallest absolute Gasteiger partial charge is 0.140 e. The quantitative estimate of drug-likeness (QED) is 0.598. The lowest BCUT2D eigenvalue weighted by Gasteiger charge is -2.28. The second-order valence-electron chi connectivity index (χ2n) is 1.95. The monoisotopic (exact) mass is 169 g/mol. The summed E-state index contributed by atoms with van der Waals surface area (Å²) in [6, 6.07) is 0. The predicted octanol–water partition coefficient (Wildman–Crippen LogP) is 0.149. The van der Waals surface area contributed by atoms with Gasteiger partial charge in [0.05, 0.1) is 0 Å². The Morgan fingerprint density at radius 3 is 2.33 bits per heavy atom. The van der Waals surface area contributed by atoms with Crippen LogP contribution in [0.25, 0.3) is 0 Å². The zero-order valence-electron chi connectivity index (χ0n) is 5.42. The molecule has 1 saturated heterocycles. The van der Waals surface area contributed by atoms with Gasteiger partial charge < -0.3 is 9.87 Å². The summed E-state index contributed by atoms with van der Waals surface area (Å²) in [7, 11) is 0. The van der Waals surface area contributed by atoms with Gasteiger partial charge in [-0.1, -0.05) is 0 Å². The summed E-state index contributed by atoms with van der Waals surface area (Å²) in [5, 5.41) is 3.54. The van der Waals surface area contributed by atoms with Crippen LogP contribution in [0.1, 0.15) is 6.92 Å². The number of nitrogens with one attached hydrogen (secondary N) is 1. The van der Waals surface area contributed by atoms with Crippen molar-refractivity contribution in [3.63, 3.8) is 0 Å². The largest absolute Gasteiger partial charge is 0.616 e. The topological polar surface area (TPSA) is 35.1 Å². The molecule has 0 radical (unpaired) electrons. The fraction of sp³-hybridized carbons (Fsp3) is 1.00. The molecule has 1 heterocycles. The van der Waals surface area contributed by atoms with Gasteiger partial charge in [0.25, 0.3) is 0 Å². The molecule has 4 heteroatoms. The highest BCUT2D eigenvalue weighted by Gasteiger charge is 2.26. The third-order valence-electron chi connectivity index (χ3n) is 1.40. The average molecular weight is 170 g/mol.